The van der Waals surface area contributed by atoms with E-state index in [2.05, 4.69) is 9.98 Å². The number of non-ortho nitro benzene ring substituents is 1. The molecule has 3 aromatic rings. The van der Waals surface area contributed by atoms with Crippen LogP contribution in [-0.4, -0.2) is 35.2 Å². The number of esters is 1. The first-order chi connectivity index (χ1) is 12.6. The number of aromatic amines is 1. The Balaban J connectivity index is 1.86. The molecule has 0 saturated carbocycles. The van der Waals surface area contributed by atoms with Crippen molar-refractivity contribution in [3.05, 3.63) is 76.0 Å². The highest BCUT2D eigenvalue weighted by Gasteiger charge is 2.20. The largest absolute Gasteiger partial charge is 0.467 e. The monoisotopic (exact) mass is 351 g/mol. The van der Waals surface area contributed by atoms with Gasteiger partial charge in [-0.2, -0.15) is 0 Å². The van der Waals surface area contributed by atoms with Gasteiger partial charge in [-0.25, -0.2) is 4.79 Å². The van der Waals surface area contributed by atoms with E-state index in [1.54, 1.807) is 12.1 Å². The number of nitro groups is 1. The highest BCUT2D eigenvalue weighted by molar-refractivity contribution is 5.87. The molecule has 7 nitrogen and oxygen atoms in total. The second kappa shape index (κ2) is 7.60. The first kappa shape index (κ1) is 17.3. The molecule has 1 N–H and O–H groups in total. The van der Waals surface area contributed by atoms with E-state index in [4.69, 9.17) is 4.74 Å². The van der Waals surface area contributed by atoms with Crippen molar-refractivity contribution >= 4 is 28.8 Å². The Bertz CT molecular complexity index is 978. The fourth-order valence-electron chi connectivity index (χ4n) is 2.74. The highest BCUT2D eigenvalue weighted by atomic mass is 16.6. The molecule has 0 bridgehead atoms. The third kappa shape index (κ3) is 3.77. The predicted molar refractivity (Wildman–Crippen MR) is 98.5 cm³/mol. The molecular weight excluding hydrogens is 334 g/mol. The van der Waals surface area contributed by atoms with Gasteiger partial charge < -0.3 is 9.72 Å². The number of carbonyl (C=O) groups is 1. The Labute approximate surface area is 149 Å². The van der Waals surface area contributed by atoms with Gasteiger partial charge in [-0.1, -0.05) is 30.3 Å². The van der Waals surface area contributed by atoms with Crippen LogP contribution in [0.2, 0.25) is 0 Å². The van der Waals surface area contributed by atoms with Gasteiger partial charge in [-0.3, -0.25) is 15.1 Å². The second-order valence-corrected chi connectivity index (χ2v) is 5.73. The maximum atomic E-state index is 12.1. The third-order valence-corrected chi connectivity index (χ3v) is 4.05. The van der Waals surface area contributed by atoms with Gasteiger partial charge in [-0.15, -0.1) is 0 Å². The smallest absolute Gasteiger partial charge is 0.330 e. The van der Waals surface area contributed by atoms with Gasteiger partial charge in [0, 0.05) is 41.9 Å². The molecule has 132 valence electrons. The molecule has 1 atom stereocenters. The minimum atomic E-state index is -0.738. The van der Waals surface area contributed by atoms with Crippen molar-refractivity contribution in [2.45, 2.75) is 12.5 Å². The van der Waals surface area contributed by atoms with Crippen molar-refractivity contribution in [3.63, 3.8) is 0 Å². The molecule has 7 heteroatoms. The van der Waals surface area contributed by atoms with Gasteiger partial charge in [0.1, 0.15) is 0 Å². The number of rotatable bonds is 6. The summed E-state index contributed by atoms with van der Waals surface area (Å²) in [6.45, 7) is 0. The summed E-state index contributed by atoms with van der Waals surface area (Å²) in [5.74, 6) is -0.461. The van der Waals surface area contributed by atoms with E-state index in [0.29, 0.717) is 12.0 Å². The molecular formula is C19H17N3O4. The number of H-pyrrole nitrogens is 1. The number of fused-ring (bicyclic) bond motifs is 1. The summed E-state index contributed by atoms with van der Waals surface area (Å²) >= 11 is 0. The SMILES string of the molecule is COC(=O)[C@H](Cc1c[nH]c2ccccc12)N=Cc1cccc([N+](=O)[O-])c1. The zero-order valence-corrected chi connectivity index (χ0v) is 14.1. The van der Waals surface area contributed by atoms with Crippen LogP contribution in [0.5, 0.6) is 0 Å². The van der Waals surface area contributed by atoms with E-state index in [1.165, 1.54) is 25.5 Å². The van der Waals surface area contributed by atoms with Gasteiger partial charge in [0.05, 0.1) is 12.0 Å². The average Bonchev–Trinajstić information content (AvgIpc) is 3.07. The van der Waals surface area contributed by atoms with Crippen LogP contribution in [-0.2, 0) is 16.0 Å². The van der Waals surface area contributed by atoms with E-state index in [-0.39, 0.29) is 5.69 Å². The number of aliphatic imine (C=N–C) groups is 1. The summed E-state index contributed by atoms with van der Waals surface area (Å²) in [6.07, 6.45) is 3.68. The van der Waals surface area contributed by atoms with Crippen molar-refractivity contribution in [2.24, 2.45) is 4.99 Å². The summed E-state index contributed by atoms with van der Waals surface area (Å²) in [5, 5.41) is 11.9. The number of para-hydroxylation sites is 1. The van der Waals surface area contributed by atoms with Crippen LogP contribution in [0.3, 0.4) is 0 Å². The number of ether oxygens (including phenoxy) is 1. The molecule has 0 aliphatic carbocycles. The summed E-state index contributed by atoms with van der Waals surface area (Å²) in [6, 6.07) is 13.1. The molecule has 26 heavy (non-hydrogen) atoms. The molecule has 0 aliphatic rings. The van der Waals surface area contributed by atoms with Crippen LogP contribution >= 0.6 is 0 Å². The summed E-state index contributed by atoms with van der Waals surface area (Å²) < 4.78 is 4.85. The van der Waals surface area contributed by atoms with Crippen molar-refractivity contribution in [2.75, 3.05) is 7.11 Å². The summed E-state index contributed by atoms with van der Waals surface area (Å²) in [7, 11) is 1.31. The Morgan fingerprint density at radius 1 is 1.31 bits per heavy atom. The van der Waals surface area contributed by atoms with Gasteiger partial charge in [0.15, 0.2) is 6.04 Å². The Morgan fingerprint density at radius 3 is 2.88 bits per heavy atom. The summed E-state index contributed by atoms with van der Waals surface area (Å²) in [5.41, 5.74) is 2.45. The van der Waals surface area contributed by atoms with E-state index in [0.717, 1.165) is 16.5 Å². The number of nitrogens with zero attached hydrogens (tertiary/aromatic N) is 2. The first-order valence-corrected chi connectivity index (χ1v) is 7.99. The lowest BCUT2D eigenvalue weighted by Gasteiger charge is -2.09. The topological polar surface area (TPSA) is 97.6 Å². The fraction of sp³-hybridized carbons (Fsp3) is 0.158. The zero-order valence-electron chi connectivity index (χ0n) is 14.1. The van der Waals surface area contributed by atoms with E-state index in [9.17, 15) is 14.9 Å². The zero-order chi connectivity index (χ0) is 18.5. The van der Waals surface area contributed by atoms with Crippen LogP contribution in [0.4, 0.5) is 5.69 Å². The molecule has 2 aromatic carbocycles. The number of hydrogen-bond donors (Lipinski definition) is 1. The lowest BCUT2D eigenvalue weighted by molar-refractivity contribution is -0.384. The minimum Gasteiger partial charge on any atom is -0.467 e. The van der Waals surface area contributed by atoms with Gasteiger partial charge in [0.2, 0.25) is 0 Å². The van der Waals surface area contributed by atoms with E-state index < -0.39 is 16.9 Å². The average molecular weight is 351 g/mol. The molecule has 1 aromatic heterocycles. The lowest BCUT2D eigenvalue weighted by atomic mass is 10.1. The number of benzene rings is 2. The van der Waals surface area contributed by atoms with Crippen molar-refractivity contribution < 1.29 is 14.5 Å². The van der Waals surface area contributed by atoms with Gasteiger partial charge in [0.25, 0.3) is 5.69 Å². The Hall–Kier alpha value is -3.48. The maximum Gasteiger partial charge on any atom is 0.330 e. The molecule has 1 heterocycles. The van der Waals surface area contributed by atoms with Crippen molar-refractivity contribution in [1.29, 1.82) is 0 Å². The number of methoxy groups -OCH3 is 1. The normalized spacial score (nSPS) is 12.3. The summed E-state index contributed by atoms with van der Waals surface area (Å²) in [4.78, 5) is 30.0. The maximum absolute atomic E-state index is 12.1. The van der Waals surface area contributed by atoms with Gasteiger partial charge >= 0.3 is 5.97 Å². The standard InChI is InChI=1S/C19H17N3O4/c1-26-19(23)18(10-14-12-21-17-8-3-2-7-16(14)17)20-11-13-5-4-6-15(9-13)22(24)25/h2-9,11-12,18,21H,10H2,1H3/t18-/m0/s1. The Morgan fingerprint density at radius 2 is 2.12 bits per heavy atom. The number of aromatic nitrogens is 1. The molecule has 0 fully saturated rings. The molecule has 0 aliphatic heterocycles. The number of hydrogen-bond acceptors (Lipinski definition) is 5. The van der Waals surface area contributed by atoms with Crippen LogP contribution in [0, 0.1) is 10.1 Å². The highest BCUT2D eigenvalue weighted by Crippen LogP contribution is 2.20. The number of nitrogens with one attached hydrogen (secondary N) is 1. The van der Waals surface area contributed by atoms with E-state index in [1.807, 2.05) is 30.5 Å². The number of nitro benzene ring substituents is 1. The van der Waals surface area contributed by atoms with Crippen LogP contribution in [0.25, 0.3) is 10.9 Å². The van der Waals surface area contributed by atoms with Crippen molar-refractivity contribution in [1.82, 2.24) is 4.98 Å². The molecule has 0 saturated heterocycles. The first-order valence-electron chi connectivity index (χ1n) is 7.99. The fourth-order valence-corrected chi connectivity index (χ4v) is 2.74. The molecule has 0 unspecified atom stereocenters. The lowest BCUT2D eigenvalue weighted by Crippen LogP contribution is -2.23. The van der Waals surface area contributed by atoms with Crippen molar-refractivity contribution in [3.8, 4) is 0 Å². The predicted octanol–water partition coefficient (Wildman–Crippen LogP) is 3.28. The second-order valence-electron chi connectivity index (χ2n) is 5.73. The molecule has 0 radical (unpaired) electrons. The third-order valence-electron chi connectivity index (χ3n) is 4.05. The minimum absolute atomic E-state index is 0.0276. The molecule has 0 spiro atoms. The quantitative estimate of drug-likeness (QED) is 0.319. The van der Waals surface area contributed by atoms with Gasteiger partial charge in [-0.05, 0) is 17.2 Å². The molecule has 0 amide bonds. The Kier molecular flexibility index (Phi) is 5.07. The number of carbonyl (C=O) groups excluding carboxylic acids is 1. The molecule has 3 rings (SSSR count). The van der Waals surface area contributed by atoms with Crippen LogP contribution in [0.1, 0.15) is 11.1 Å². The van der Waals surface area contributed by atoms with E-state index >= 15 is 0 Å². The van der Waals surface area contributed by atoms with Crippen LogP contribution < -0.4 is 0 Å². The van der Waals surface area contributed by atoms with Crippen LogP contribution in [0.15, 0.2) is 59.7 Å².